The Hall–Kier alpha value is -1.74. The van der Waals surface area contributed by atoms with Crippen LogP contribution in [0.1, 0.15) is 5.56 Å². The molecule has 0 saturated heterocycles. The van der Waals surface area contributed by atoms with Gasteiger partial charge < -0.3 is 0 Å². The third-order valence-electron chi connectivity index (χ3n) is 1.99. The van der Waals surface area contributed by atoms with Crippen LogP contribution in [0, 0.1) is 0 Å². The van der Waals surface area contributed by atoms with Crippen molar-refractivity contribution < 1.29 is 0 Å². The molecule has 3 nitrogen and oxygen atoms in total. The van der Waals surface area contributed by atoms with Gasteiger partial charge in [0.2, 0.25) is 0 Å². The van der Waals surface area contributed by atoms with Crippen LogP contribution in [-0.4, -0.2) is 4.98 Å². The fourth-order valence-electron chi connectivity index (χ4n) is 1.19. The zero-order chi connectivity index (χ0) is 11.2. The lowest BCUT2D eigenvalue weighted by molar-refractivity contribution is 0.946. The quantitative estimate of drug-likeness (QED) is 0.735. The van der Waals surface area contributed by atoms with Crippen molar-refractivity contribution >= 4 is 17.4 Å². The van der Waals surface area contributed by atoms with Crippen molar-refractivity contribution in [3.05, 3.63) is 59.2 Å². The second-order valence-electron chi connectivity index (χ2n) is 3.21. The molecule has 0 N–H and O–H groups in total. The van der Waals surface area contributed by atoms with Gasteiger partial charge in [-0.05, 0) is 29.8 Å². The maximum Gasteiger partial charge on any atom is 0.173 e. The van der Waals surface area contributed by atoms with Crippen LogP contribution in [0.5, 0.6) is 0 Å². The lowest BCUT2D eigenvalue weighted by atomic mass is 10.2. The first kappa shape index (κ1) is 10.8. The molecule has 0 saturated carbocycles. The highest BCUT2D eigenvalue weighted by atomic mass is 35.5. The lowest BCUT2D eigenvalue weighted by Crippen LogP contribution is -1.79. The molecule has 0 aliphatic heterocycles. The molecule has 80 valence electrons. The second-order valence-corrected chi connectivity index (χ2v) is 3.65. The molecule has 0 aliphatic rings. The number of azo groups is 1. The van der Waals surface area contributed by atoms with Gasteiger partial charge in [0.25, 0.3) is 0 Å². The molecule has 16 heavy (non-hydrogen) atoms. The Balaban J connectivity index is 1.97. The van der Waals surface area contributed by atoms with Crippen LogP contribution in [0.15, 0.2) is 58.9 Å². The third kappa shape index (κ3) is 3.14. The fraction of sp³-hybridized carbons (Fsp3) is 0.0833. The van der Waals surface area contributed by atoms with Crippen molar-refractivity contribution in [3.63, 3.8) is 0 Å². The van der Waals surface area contributed by atoms with E-state index in [0.29, 0.717) is 12.4 Å². The highest BCUT2D eigenvalue weighted by Gasteiger charge is 1.91. The average molecular weight is 232 g/mol. The number of rotatable bonds is 3. The van der Waals surface area contributed by atoms with Crippen molar-refractivity contribution in [2.24, 2.45) is 10.2 Å². The van der Waals surface area contributed by atoms with E-state index < -0.39 is 0 Å². The second kappa shape index (κ2) is 5.37. The van der Waals surface area contributed by atoms with Crippen LogP contribution in [0.4, 0.5) is 5.82 Å². The van der Waals surface area contributed by atoms with E-state index >= 15 is 0 Å². The van der Waals surface area contributed by atoms with E-state index in [1.165, 1.54) is 0 Å². The van der Waals surface area contributed by atoms with Gasteiger partial charge in [0.1, 0.15) is 0 Å². The summed E-state index contributed by atoms with van der Waals surface area (Å²) in [6.07, 6.45) is 1.69. The number of benzene rings is 1. The van der Waals surface area contributed by atoms with Gasteiger partial charge in [0.05, 0.1) is 6.54 Å². The van der Waals surface area contributed by atoms with Crippen LogP contribution in [0.2, 0.25) is 5.02 Å². The number of nitrogens with zero attached hydrogens (tertiary/aromatic N) is 3. The Morgan fingerprint density at radius 3 is 2.56 bits per heavy atom. The van der Waals surface area contributed by atoms with E-state index in [9.17, 15) is 0 Å². The van der Waals surface area contributed by atoms with Crippen molar-refractivity contribution in [2.45, 2.75) is 6.54 Å². The average Bonchev–Trinajstić information content (AvgIpc) is 2.33. The molecule has 0 fully saturated rings. The summed E-state index contributed by atoms with van der Waals surface area (Å²) >= 11 is 5.78. The molecule has 2 aromatic rings. The molecular formula is C12H10ClN3. The van der Waals surface area contributed by atoms with E-state index in [1.54, 1.807) is 6.20 Å². The molecular weight excluding hydrogens is 222 g/mol. The standard InChI is InChI=1S/C12H10ClN3/c13-11-6-4-10(5-7-11)9-15-16-12-3-1-2-8-14-12/h1-8H,9H2. The van der Waals surface area contributed by atoms with Crippen LogP contribution < -0.4 is 0 Å². The predicted molar refractivity (Wildman–Crippen MR) is 63.9 cm³/mol. The van der Waals surface area contributed by atoms with Gasteiger partial charge in [0, 0.05) is 11.2 Å². The van der Waals surface area contributed by atoms with Gasteiger partial charge in [-0.2, -0.15) is 5.11 Å². The summed E-state index contributed by atoms with van der Waals surface area (Å²) < 4.78 is 0. The van der Waals surface area contributed by atoms with E-state index in [1.807, 2.05) is 42.5 Å². The lowest BCUT2D eigenvalue weighted by Gasteiger charge is -1.95. The molecule has 0 atom stereocenters. The van der Waals surface area contributed by atoms with Crippen LogP contribution >= 0.6 is 11.6 Å². The summed E-state index contributed by atoms with van der Waals surface area (Å²) in [6, 6.07) is 13.1. The van der Waals surface area contributed by atoms with E-state index in [-0.39, 0.29) is 0 Å². The fourth-order valence-corrected chi connectivity index (χ4v) is 1.32. The summed E-state index contributed by atoms with van der Waals surface area (Å²) in [7, 11) is 0. The third-order valence-corrected chi connectivity index (χ3v) is 2.24. The maximum absolute atomic E-state index is 5.78. The molecule has 0 spiro atoms. The summed E-state index contributed by atoms with van der Waals surface area (Å²) in [6.45, 7) is 0.535. The Bertz CT molecular complexity index is 465. The summed E-state index contributed by atoms with van der Waals surface area (Å²) in [4.78, 5) is 4.04. The Morgan fingerprint density at radius 1 is 1.06 bits per heavy atom. The zero-order valence-electron chi connectivity index (χ0n) is 8.55. The first-order chi connectivity index (χ1) is 7.84. The van der Waals surface area contributed by atoms with E-state index in [0.717, 1.165) is 10.6 Å². The molecule has 4 heteroatoms. The maximum atomic E-state index is 5.78. The van der Waals surface area contributed by atoms with Crippen molar-refractivity contribution in [2.75, 3.05) is 0 Å². The van der Waals surface area contributed by atoms with Gasteiger partial charge >= 0.3 is 0 Å². The van der Waals surface area contributed by atoms with Crippen LogP contribution in [0.25, 0.3) is 0 Å². The highest BCUT2D eigenvalue weighted by molar-refractivity contribution is 6.30. The number of aromatic nitrogens is 1. The van der Waals surface area contributed by atoms with E-state index in [2.05, 4.69) is 15.2 Å². The summed E-state index contributed by atoms with van der Waals surface area (Å²) in [5.74, 6) is 0.622. The molecule has 1 aromatic heterocycles. The molecule has 1 heterocycles. The van der Waals surface area contributed by atoms with Crippen LogP contribution in [-0.2, 0) is 6.54 Å². The smallest absolute Gasteiger partial charge is 0.173 e. The SMILES string of the molecule is Clc1ccc(CN=Nc2ccccn2)cc1. The normalized spacial score (nSPS) is 10.8. The molecule has 0 unspecified atom stereocenters. The molecule has 0 amide bonds. The topological polar surface area (TPSA) is 37.6 Å². The van der Waals surface area contributed by atoms with E-state index in [4.69, 9.17) is 11.6 Å². The number of pyridine rings is 1. The summed E-state index contributed by atoms with van der Waals surface area (Å²) in [5.41, 5.74) is 1.07. The summed E-state index contributed by atoms with van der Waals surface area (Å²) in [5, 5.41) is 8.79. The van der Waals surface area contributed by atoms with Gasteiger partial charge in [0.15, 0.2) is 5.82 Å². The number of halogens is 1. The molecule has 2 rings (SSSR count). The highest BCUT2D eigenvalue weighted by Crippen LogP contribution is 2.11. The zero-order valence-corrected chi connectivity index (χ0v) is 9.30. The molecule has 0 radical (unpaired) electrons. The molecule has 0 bridgehead atoms. The van der Waals surface area contributed by atoms with Gasteiger partial charge in [-0.15, -0.1) is 5.11 Å². The Morgan fingerprint density at radius 2 is 1.88 bits per heavy atom. The monoisotopic (exact) mass is 231 g/mol. The van der Waals surface area contributed by atoms with Crippen molar-refractivity contribution in [1.29, 1.82) is 0 Å². The molecule has 1 aromatic carbocycles. The molecule has 0 aliphatic carbocycles. The largest absolute Gasteiger partial charge is 0.236 e. The van der Waals surface area contributed by atoms with Gasteiger partial charge in [-0.1, -0.05) is 29.8 Å². The number of hydrogen-bond donors (Lipinski definition) is 0. The minimum Gasteiger partial charge on any atom is -0.236 e. The van der Waals surface area contributed by atoms with Gasteiger partial charge in [-0.3, -0.25) is 0 Å². The Kier molecular flexibility index (Phi) is 3.62. The number of hydrogen-bond acceptors (Lipinski definition) is 3. The van der Waals surface area contributed by atoms with Crippen molar-refractivity contribution in [1.82, 2.24) is 4.98 Å². The first-order valence-electron chi connectivity index (χ1n) is 4.87. The minimum atomic E-state index is 0.535. The first-order valence-corrected chi connectivity index (χ1v) is 5.25. The van der Waals surface area contributed by atoms with Crippen molar-refractivity contribution in [3.8, 4) is 0 Å². The van der Waals surface area contributed by atoms with Gasteiger partial charge in [-0.25, -0.2) is 4.98 Å². The Labute approximate surface area is 98.8 Å². The predicted octanol–water partition coefficient (Wildman–Crippen LogP) is 4.02. The van der Waals surface area contributed by atoms with Crippen LogP contribution in [0.3, 0.4) is 0 Å². The minimum absolute atomic E-state index is 0.535.